The molecule has 2 aliphatic heterocycles. The van der Waals surface area contributed by atoms with Crippen molar-refractivity contribution in [1.29, 1.82) is 0 Å². The first kappa shape index (κ1) is 14.4. The van der Waals surface area contributed by atoms with Crippen LogP contribution in [0, 0.1) is 5.92 Å². The molecule has 2 aliphatic rings. The van der Waals surface area contributed by atoms with Gasteiger partial charge in [0.05, 0.1) is 6.61 Å². The van der Waals surface area contributed by atoms with Crippen LogP contribution in [0.15, 0.2) is 24.3 Å². The molecular weight excluding hydrogens is 264 g/mol. The number of benzene rings is 1. The largest absolute Gasteiger partial charge is 0.494 e. The molecule has 114 valence electrons. The Morgan fingerprint density at radius 2 is 2.33 bits per heavy atom. The number of nitrogens with zero attached hydrogens (tertiary/aromatic N) is 1. The number of amides is 1. The van der Waals surface area contributed by atoms with Gasteiger partial charge in [0.15, 0.2) is 0 Å². The summed E-state index contributed by atoms with van der Waals surface area (Å²) < 4.78 is 5.62. The normalized spacial score (nSPS) is 24.7. The molecule has 1 aromatic carbocycles. The summed E-state index contributed by atoms with van der Waals surface area (Å²) in [5.74, 6) is 1.55. The van der Waals surface area contributed by atoms with E-state index in [1.807, 2.05) is 29.2 Å². The van der Waals surface area contributed by atoms with Crippen LogP contribution in [-0.2, 0) is 0 Å². The van der Waals surface area contributed by atoms with Crippen molar-refractivity contribution >= 4 is 5.91 Å². The summed E-state index contributed by atoms with van der Waals surface area (Å²) in [6, 6.07) is 8.06. The van der Waals surface area contributed by atoms with Gasteiger partial charge in [0.2, 0.25) is 0 Å². The van der Waals surface area contributed by atoms with Gasteiger partial charge < -0.3 is 15.0 Å². The predicted octanol–water partition coefficient (Wildman–Crippen LogP) is 2.30. The predicted molar refractivity (Wildman–Crippen MR) is 82.6 cm³/mol. The number of hydrogen-bond acceptors (Lipinski definition) is 3. The number of ether oxygens (including phenoxy) is 1. The van der Waals surface area contributed by atoms with Gasteiger partial charge in [-0.25, -0.2) is 0 Å². The van der Waals surface area contributed by atoms with E-state index in [0.29, 0.717) is 18.6 Å². The summed E-state index contributed by atoms with van der Waals surface area (Å²) in [5.41, 5.74) is 0.738. The highest BCUT2D eigenvalue weighted by Crippen LogP contribution is 2.26. The maximum Gasteiger partial charge on any atom is 0.254 e. The van der Waals surface area contributed by atoms with Gasteiger partial charge in [0, 0.05) is 24.7 Å². The average Bonchev–Trinajstić information content (AvgIpc) is 2.96. The van der Waals surface area contributed by atoms with Gasteiger partial charge in [-0.1, -0.05) is 13.0 Å². The third kappa shape index (κ3) is 3.21. The minimum atomic E-state index is 0.133. The zero-order valence-electron chi connectivity index (χ0n) is 12.7. The lowest BCUT2D eigenvalue weighted by molar-refractivity contribution is 0.0785. The third-order valence-corrected chi connectivity index (χ3v) is 4.44. The lowest BCUT2D eigenvalue weighted by Gasteiger charge is -2.24. The van der Waals surface area contributed by atoms with Gasteiger partial charge >= 0.3 is 0 Å². The zero-order chi connectivity index (χ0) is 14.7. The minimum Gasteiger partial charge on any atom is -0.494 e. The summed E-state index contributed by atoms with van der Waals surface area (Å²) in [7, 11) is 0. The first-order valence-corrected chi connectivity index (χ1v) is 8.03. The number of fused-ring (bicyclic) bond motifs is 1. The molecule has 0 bridgehead atoms. The van der Waals surface area contributed by atoms with Crippen molar-refractivity contribution < 1.29 is 9.53 Å². The van der Waals surface area contributed by atoms with E-state index in [1.54, 1.807) is 0 Å². The van der Waals surface area contributed by atoms with Crippen LogP contribution in [-0.4, -0.2) is 43.1 Å². The lowest BCUT2D eigenvalue weighted by atomic mass is 9.94. The maximum absolute atomic E-state index is 12.7. The molecule has 2 atom stereocenters. The van der Waals surface area contributed by atoms with Gasteiger partial charge in [0.25, 0.3) is 5.91 Å². The fourth-order valence-electron chi connectivity index (χ4n) is 3.33. The van der Waals surface area contributed by atoms with Crippen molar-refractivity contribution in [2.45, 2.75) is 32.2 Å². The van der Waals surface area contributed by atoms with Crippen LogP contribution in [0.5, 0.6) is 5.75 Å². The molecule has 2 saturated heterocycles. The molecule has 2 fully saturated rings. The average molecular weight is 288 g/mol. The summed E-state index contributed by atoms with van der Waals surface area (Å²) in [6.45, 7) is 5.58. The van der Waals surface area contributed by atoms with Gasteiger partial charge in [-0.2, -0.15) is 0 Å². The van der Waals surface area contributed by atoms with E-state index in [4.69, 9.17) is 4.74 Å². The van der Waals surface area contributed by atoms with Crippen LogP contribution in [0.2, 0.25) is 0 Å². The van der Waals surface area contributed by atoms with Crippen molar-refractivity contribution in [3.8, 4) is 5.75 Å². The van der Waals surface area contributed by atoms with Gasteiger partial charge in [0.1, 0.15) is 5.75 Å². The van der Waals surface area contributed by atoms with Crippen LogP contribution < -0.4 is 10.1 Å². The van der Waals surface area contributed by atoms with Crippen LogP contribution in [0.3, 0.4) is 0 Å². The van der Waals surface area contributed by atoms with E-state index < -0.39 is 0 Å². The van der Waals surface area contributed by atoms with E-state index in [0.717, 1.165) is 37.4 Å². The molecule has 2 unspecified atom stereocenters. The summed E-state index contributed by atoms with van der Waals surface area (Å²) in [6.07, 6.45) is 3.43. The highest BCUT2D eigenvalue weighted by atomic mass is 16.5. The van der Waals surface area contributed by atoms with Crippen LogP contribution in [0.1, 0.15) is 36.5 Å². The van der Waals surface area contributed by atoms with Crippen LogP contribution in [0.4, 0.5) is 0 Å². The van der Waals surface area contributed by atoms with Crippen molar-refractivity contribution in [1.82, 2.24) is 10.2 Å². The molecular formula is C17H24N2O2. The van der Waals surface area contributed by atoms with E-state index >= 15 is 0 Å². The van der Waals surface area contributed by atoms with Crippen LogP contribution >= 0.6 is 0 Å². The molecule has 4 nitrogen and oxygen atoms in total. The van der Waals surface area contributed by atoms with Crippen molar-refractivity contribution in [3.05, 3.63) is 29.8 Å². The number of piperidine rings is 1. The standard InChI is InChI=1S/C17H24N2O2/c1-2-9-21-15-7-3-5-13(10-15)17(20)19-11-14-6-4-8-18-16(14)12-19/h3,5,7,10,14,16,18H,2,4,6,8-9,11-12H2,1H3. The van der Waals surface area contributed by atoms with Crippen molar-refractivity contribution in [2.75, 3.05) is 26.2 Å². The molecule has 21 heavy (non-hydrogen) atoms. The summed E-state index contributed by atoms with van der Waals surface area (Å²) >= 11 is 0. The molecule has 0 aliphatic carbocycles. The van der Waals surface area contributed by atoms with Crippen molar-refractivity contribution in [3.63, 3.8) is 0 Å². The number of hydrogen-bond donors (Lipinski definition) is 1. The Morgan fingerprint density at radius 3 is 3.14 bits per heavy atom. The Kier molecular flexibility index (Phi) is 4.44. The van der Waals surface area contributed by atoms with E-state index in [2.05, 4.69) is 12.2 Å². The topological polar surface area (TPSA) is 41.6 Å². The fourth-order valence-corrected chi connectivity index (χ4v) is 3.33. The number of rotatable bonds is 4. The number of carbonyl (C=O) groups is 1. The Hall–Kier alpha value is -1.55. The summed E-state index contributed by atoms with van der Waals surface area (Å²) in [4.78, 5) is 14.7. The monoisotopic (exact) mass is 288 g/mol. The first-order chi connectivity index (χ1) is 10.3. The summed E-state index contributed by atoms with van der Waals surface area (Å²) in [5, 5.41) is 3.54. The Morgan fingerprint density at radius 1 is 1.43 bits per heavy atom. The molecule has 0 spiro atoms. The zero-order valence-corrected chi connectivity index (χ0v) is 12.7. The fraction of sp³-hybridized carbons (Fsp3) is 0.588. The third-order valence-electron chi connectivity index (χ3n) is 4.44. The Labute approximate surface area is 126 Å². The highest BCUT2D eigenvalue weighted by molar-refractivity contribution is 5.94. The smallest absolute Gasteiger partial charge is 0.254 e. The van der Waals surface area contributed by atoms with E-state index in [9.17, 15) is 4.79 Å². The maximum atomic E-state index is 12.7. The molecule has 1 aromatic rings. The van der Waals surface area contributed by atoms with Gasteiger partial charge in [-0.05, 0) is 49.9 Å². The molecule has 0 aromatic heterocycles. The number of nitrogens with one attached hydrogen (secondary N) is 1. The Bertz CT molecular complexity index is 489. The first-order valence-electron chi connectivity index (χ1n) is 8.03. The second-order valence-corrected chi connectivity index (χ2v) is 6.05. The molecule has 0 radical (unpaired) electrons. The quantitative estimate of drug-likeness (QED) is 0.924. The molecule has 0 saturated carbocycles. The Balaban J connectivity index is 1.67. The van der Waals surface area contributed by atoms with Crippen LogP contribution in [0.25, 0.3) is 0 Å². The van der Waals surface area contributed by atoms with Gasteiger partial charge in [-0.3, -0.25) is 4.79 Å². The number of likely N-dealkylation sites (tertiary alicyclic amines) is 1. The second kappa shape index (κ2) is 6.48. The lowest BCUT2D eigenvalue weighted by Crippen LogP contribution is -2.41. The van der Waals surface area contributed by atoms with Crippen molar-refractivity contribution in [2.24, 2.45) is 5.92 Å². The number of carbonyl (C=O) groups excluding carboxylic acids is 1. The minimum absolute atomic E-state index is 0.133. The van der Waals surface area contributed by atoms with E-state index in [-0.39, 0.29) is 5.91 Å². The SMILES string of the molecule is CCCOc1cccc(C(=O)N2CC3CCCNC3C2)c1. The molecule has 1 amide bonds. The molecule has 4 heteroatoms. The highest BCUT2D eigenvalue weighted by Gasteiger charge is 2.36. The molecule has 2 heterocycles. The second-order valence-electron chi connectivity index (χ2n) is 6.05. The van der Waals surface area contributed by atoms with Gasteiger partial charge in [-0.15, -0.1) is 0 Å². The molecule has 3 rings (SSSR count). The molecule has 1 N–H and O–H groups in total. The van der Waals surface area contributed by atoms with E-state index in [1.165, 1.54) is 12.8 Å².